The van der Waals surface area contributed by atoms with Crippen LogP contribution in [0.25, 0.3) is 0 Å². The Morgan fingerprint density at radius 3 is 2.00 bits per heavy atom. The van der Waals surface area contributed by atoms with E-state index < -0.39 is 30.4 Å². The van der Waals surface area contributed by atoms with Crippen LogP contribution in [0, 0.1) is 0 Å². The molecule has 9 heteroatoms. The summed E-state index contributed by atoms with van der Waals surface area (Å²) in [6.45, 7) is 4.39. The fourth-order valence-electron chi connectivity index (χ4n) is 1.58. The molecule has 0 saturated heterocycles. The van der Waals surface area contributed by atoms with Gasteiger partial charge in [-0.1, -0.05) is 0 Å². The number of amides is 3. The first-order valence-corrected chi connectivity index (χ1v) is 6.46. The molecule has 0 aromatic heterocycles. The summed E-state index contributed by atoms with van der Waals surface area (Å²) in [4.78, 5) is 47.5. The average molecular weight is 303 g/mol. The summed E-state index contributed by atoms with van der Waals surface area (Å²) >= 11 is 0. The van der Waals surface area contributed by atoms with Gasteiger partial charge in [-0.05, 0) is 13.8 Å². The van der Waals surface area contributed by atoms with Crippen LogP contribution < -0.4 is 5.32 Å². The van der Waals surface area contributed by atoms with E-state index in [4.69, 9.17) is 10.2 Å². The molecule has 3 N–H and O–H groups in total. The summed E-state index contributed by atoms with van der Waals surface area (Å²) in [5.41, 5.74) is 0. The molecule has 1 atom stereocenters. The lowest BCUT2D eigenvalue weighted by Gasteiger charge is -2.24. The number of carbonyl (C=O) groups excluding carboxylic acids is 2. The molecule has 21 heavy (non-hydrogen) atoms. The number of hydrogen-bond donors (Lipinski definition) is 3. The van der Waals surface area contributed by atoms with Crippen molar-refractivity contribution in [1.82, 2.24) is 15.1 Å². The summed E-state index contributed by atoms with van der Waals surface area (Å²) in [5.74, 6) is -3.07. The van der Waals surface area contributed by atoms with Crippen molar-refractivity contribution >= 4 is 23.9 Å². The van der Waals surface area contributed by atoms with Gasteiger partial charge in [0, 0.05) is 20.1 Å². The number of hydrogen-bond acceptors (Lipinski definition) is 4. The Morgan fingerprint density at radius 2 is 1.62 bits per heavy atom. The SMILES string of the molecule is CCN(CC)C(=O)CN(C)C(=O)N[C@H](CC(=O)O)C(=O)O. The van der Waals surface area contributed by atoms with Gasteiger partial charge in [0.2, 0.25) is 5.91 Å². The number of nitrogens with zero attached hydrogens (tertiary/aromatic N) is 2. The molecule has 0 aliphatic carbocycles. The Kier molecular flexibility index (Phi) is 7.80. The minimum absolute atomic E-state index is 0.215. The number of aliphatic carboxylic acids is 2. The lowest BCUT2D eigenvalue weighted by molar-refractivity contribution is -0.145. The first-order chi connectivity index (χ1) is 9.72. The highest BCUT2D eigenvalue weighted by atomic mass is 16.4. The van der Waals surface area contributed by atoms with Crippen LogP contribution in [0.5, 0.6) is 0 Å². The number of nitrogens with one attached hydrogen (secondary N) is 1. The van der Waals surface area contributed by atoms with Crippen molar-refractivity contribution in [2.75, 3.05) is 26.7 Å². The minimum atomic E-state index is -1.54. The van der Waals surface area contributed by atoms with Crippen LogP contribution in [0.15, 0.2) is 0 Å². The number of carbonyl (C=O) groups is 4. The van der Waals surface area contributed by atoms with Gasteiger partial charge in [0.05, 0.1) is 6.42 Å². The Hall–Kier alpha value is -2.32. The normalized spacial score (nSPS) is 11.4. The van der Waals surface area contributed by atoms with E-state index in [0.717, 1.165) is 4.90 Å². The van der Waals surface area contributed by atoms with Gasteiger partial charge in [-0.25, -0.2) is 9.59 Å². The second-order valence-electron chi connectivity index (χ2n) is 4.36. The fraction of sp³-hybridized carbons (Fsp3) is 0.667. The number of carboxylic acid groups (broad SMARTS) is 2. The molecule has 0 aliphatic heterocycles. The maximum Gasteiger partial charge on any atom is 0.326 e. The quantitative estimate of drug-likeness (QED) is 0.550. The van der Waals surface area contributed by atoms with Gasteiger partial charge in [0.1, 0.15) is 12.6 Å². The average Bonchev–Trinajstić information content (AvgIpc) is 2.38. The highest BCUT2D eigenvalue weighted by molar-refractivity contribution is 5.88. The van der Waals surface area contributed by atoms with Crippen molar-refractivity contribution < 1.29 is 29.4 Å². The summed E-state index contributed by atoms with van der Waals surface area (Å²) in [7, 11) is 1.33. The van der Waals surface area contributed by atoms with Crippen LogP contribution in [0.1, 0.15) is 20.3 Å². The lowest BCUT2D eigenvalue weighted by atomic mass is 10.2. The maximum atomic E-state index is 11.8. The molecule has 0 saturated carbocycles. The Morgan fingerprint density at radius 1 is 1.10 bits per heavy atom. The molecule has 0 aliphatic rings. The summed E-state index contributed by atoms with van der Waals surface area (Å²) in [6, 6.07) is -2.36. The standard InChI is InChI=1S/C12H21N3O6/c1-4-15(5-2)9(16)7-14(3)12(21)13-8(11(19)20)6-10(17)18/h8H,4-7H2,1-3H3,(H,13,21)(H,17,18)(H,19,20)/t8-/m1/s1. The smallest absolute Gasteiger partial charge is 0.326 e. The van der Waals surface area contributed by atoms with E-state index in [2.05, 4.69) is 5.32 Å². The monoisotopic (exact) mass is 303 g/mol. The predicted octanol–water partition coefficient (Wildman–Crippen LogP) is -0.576. The lowest BCUT2D eigenvalue weighted by Crippen LogP contribution is -2.50. The largest absolute Gasteiger partial charge is 0.481 e. The molecule has 0 aromatic rings. The topological polar surface area (TPSA) is 127 Å². The first-order valence-electron chi connectivity index (χ1n) is 6.46. The first kappa shape index (κ1) is 18.7. The van der Waals surface area contributed by atoms with Gasteiger partial charge in [-0.15, -0.1) is 0 Å². The molecule has 0 fully saturated rings. The van der Waals surface area contributed by atoms with E-state index in [0.29, 0.717) is 13.1 Å². The number of rotatable bonds is 8. The number of likely N-dealkylation sites (N-methyl/N-ethyl adjacent to an activating group) is 2. The van der Waals surface area contributed by atoms with E-state index >= 15 is 0 Å². The van der Waals surface area contributed by atoms with Gasteiger partial charge in [-0.3, -0.25) is 9.59 Å². The molecule has 0 heterocycles. The third-order valence-corrected chi connectivity index (χ3v) is 2.81. The van der Waals surface area contributed by atoms with E-state index in [-0.39, 0.29) is 12.5 Å². The highest BCUT2D eigenvalue weighted by Gasteiger charge is 2.25. The third kappa shape index (κ3) is 6.59. The van der Waals surface area contributed by atoms with E-state index in [1.54, 1.807) is 13.8 Å². The van der Waals surface area contributed by atoms with Crippen LogP contribution in [0.4, 0.5) is 4.79 Å². The summed E-state index contributed by atoms with van der Waals surface area (Å²) < 4.78 is 0. The molecule has 0 bridgehead atoms. The van der Waals surface area contributed by atoms with Gasteiger partial charge >= 0.3 is 18.0 Å². The molecule has 0 spiro atoms. The van der Waals surface area contributed by atoms with Crippen LogP contribution in [-0.4, -0.2) is 76.6 Å². The van der Waals surface area contributed by atoms with Crippen LogP contribution in [0.3, 0.4) is 0 Å². The third-order valence-electron chi connectivity index (χ3n) is 2.81. The Balaban J connectivity index is 4.59. The van der Waals surface area contributed by atoms with E-state index in [1.807, 2.05) is 0 Å². The second kappa shape index (κ2) is 8.77. The van der Waals surface area contributed by atoms with Crippen LogP contribution >= 0.6 is 0 Å². The van der Waals surface area contributed by atoms with Gasteiger partial charge in [-0.2, -0.15) is 0 Å². The molecular weight excluding hydrogens is 282 g/mol. The zero-order chi connectivity index (χ0) is 16.6. The van der Waals surface area contributed by atoms with E-state index in [1.165, 1.54) is 11.9 Å². The second-order valence-corrected chi connectivity index (χ2v) is 4.36. The number of urea groups is 1. The van der Waals surface area contributed by atoms with E-state index in [9.17, 15) is 19.2 Å². The maximum absolute atomic E-state index is 11.8. The zero-order valence-electron chi connectivity index (χ0n) is 12.3. The van der Waals surface area contributed by atoms with Crippen molar-refractivity contribution in [2.24, 2.45) is 0 Å². The van der Waals surface area contributed by atoms with Crippen molar-refractivity contribution in [3.05, 3.63) is 0 Å². The Labute approximate surface area is 122 Å². The zero-order valence-corrected chi connectivity index (χ0v) is 12.3. The summed E-state index contributed by atoms with van der Waals surface area (Å²) in [6.07, 6.45) is -0.737. The van der Waals surface area contributed by atoms with Crippen molar-refractivity contribution in [3.63, 3.8) is 0 Å². The van der Waals surface area contributed by atoms with Gasteiger partial charge in [0.25, 0.3) is 0 Å². The molecule has 0 aromatic carbocycles. The van der Waals surface area contributed by atoms with Crippen molar-refractivity contribution in [1.29, 1.82) is 0 Å². The van der Waals surface area contributed by atoms with Crippen LogP contribution in [-0.2, 0) is 14.4 Å². The minimum Gasteiger partial charge on any atom is -0.481 e. The molecule has 3 amide bonds. The molecule has 120 valence electrons. The fourth-order valence-corrected chi connectivity index (χ4v) is 1.58. The van der Waals surface area contributed by atoms with Crippen molar-refractivity contribution in [2.45, 2.75) is 26.3 Å². The van der Waals surface area contributed by atoms with Gasteiger partial charge in [0.15, 0.2) is 0 Å². The van der Waals surface area contributed by atoms with Crippen LogP contribution in [0.2, 0.25) is 0 Å². The molecular formula is C12H21N3O6. The molecule has 0 unspecified atom stereocenters. The van der Waals surface area contributed by atoms with Gasteiger partial charge < -0.3 is 25.3 Å². The summed E-state index contributed by atoms with van der Waals surface area (Å²) in [5, 5.41) is 19.5. The Bertz CT molecular complexity index is 408. The van der Waals surface area contributed by atoms with Crippen molar-refractivity contribution in [3.8, 4) is 0 Å². The highest BCUT2D eigenvalue weighted by Crippen LogP contribution is 1.97. The molecule has 0 radical (unpaired) electrons. The number of carboxylic acids is 2. The molecule has 9 nitrogen and oxygen atoms in total. The molecule has 0 rings (SSSR count). The predicted molar refractivity (Wildman–Crippen MR) is 72.8 cm³/mol.